The quantitative estimate of drug-likeness (QED) is 0.606. The van der Waals surface area contributed by atoms with E-state index in [-0.39, 0.29) is 17.7 Å². The summed E-state index contributed by atoms with van der Waals surface area (Å²) in [7, 11) is 0. The fourth-order valence-electron chi connectivity index (χ4n) is 3.32. The first-order valence-corrected chi connectivity index (χ1v) is 9.43. The van der Waals surface area contributed by atoms with Gasteiger partial charge in [-0.1, -0.05) is 35.9 Å². The largest absolute Gasteiger partial charge is 0.416 e. The van der Waals surface area contributed by atoms with Crippen molar-refractivity contribution in [2.45, 2.75) is 25.1 Å². The molecule has 0 spiro atoms. The van der Waals surface area contributed by atoms with Gasteiger partial charge in [-0.2, -0.15) is 18.3 Å². The second kappa shape index (κ2) is 7.55. The molecule has 1 N–H and O–H groups in total. The van der Waals surface area contributed by atoms with E-state index < -0.39 is 11.7 Å². The van der Waals surface area contributed by atoms with Gasteiger partial charge < -0.3 is 5.32 Å². The van der Waals surface area contributed by atoms with Crippen LogP contribution in [0.3, 0.4) is 0 Å². The zero-order valence-corrected chi connectivity index (χ0v) is 15.9. The van der Waals surface area contributed by atoms with Gasteiger partial charge in [0, 0.05) is 17.0 Å². The highest BCUT2D eigenvalue weighted by molar-refractivity contribution is 6.30. The van der Waals surface area contributed by atoms with Crippen molar-refractivity contribution in [3.63, 3.8) is 0 Å². The van der Waals surface area contributed by atoms with Gasteiger partial charge in [0.25, 0.3) is 0 Å². The van der Waals surface area contributed by atoms with Crippen LogP contribution in [-0.4, -0.2) is 15.7 Å². The van der Waals surface area contributed by atoms with Crippen LogP contribution < -0.4 is 5.32 Å². The number of benzene rings is 2. The summed E-state index contributed by atoms with van der Waals surface area (Å²) < 4.78 is 39.7. The Labute approximate surface area is 170 Å². The van der Waals surface area contributed by atoms with Crippen LogP contribution in [0.25, 0.3) is 0 Å². The monoisotopic (exact) mass is 419 g/mol. The van der Waals surface area contributed by atoms with Crippen molar-refractivity contribution in [1.82, 2.24) is 9.78 Å². The molecule has 3 aromatic rings. The molecule has 4 nitrogen and oxygen atoms in total. The fraction of sp³-hybridized carbons (Fsp3) is 0.238. The lowest BCUT2D eigenvalue weighted by Gasteiger charge is -2.10. The maximum Gasteiger partial charge on any atom is 0.416 e. The maximum atomic E-state index is 12.7. The summed E-state index contributed by atoms with van der Waals surface area (Å²) in [5.41, 5.74) is 1.05. The Bertz CT molecular complexity index is 1010. The molecular weight excluding hydrogens is 403 g/mol. The number of hydrogen-bond donors (Lipinski definition) is 1. The van der Waals surface area contributed by atoms with Crippen molar-refractivity contribution in [2.75, 3.05) is 5.32 Å². The summed E-state index contributed by atoms with van der Waals surface area (Å²) in [5, 5.41) is 7.76. The molecule has 1 aliphatic rings. The molecule has 2 unspecified atom stereocenters. The second-order valence-electron chi connectivity index (χ2n) is 7.06. The van der Waals surface area contributed by atoms with Crippen LogP contribution in [0, 0.1) is 5.92 Å². The minimum absolute atomic E-state index is 0.0649. The van der Waals surface area contributed by atoms with Gasteiger partial charge >= 0.3 is 6.18 Å². The van der Waals surface area contributed by atoms with Crippen LogP contribution in [0.2, 0.25) is 5.02 Å². The number of aromatic nitrogens is 2. The Hall–Kier alpha value is -2.80. The van der Waals surface area contributed by atoms with Gasteiger partial charge in [-0.25, -0.2) is 4.68 Å². The molecule has 1 saturated carbocycles. The van der Waals surface area contributed by atoms with E-state index in [1.165, 1.54) is 12.1 Å². The number of nitrogens with one attached hydrogen (secondary N) is 1. The average Bonchev–Trinajstić information content (AvgIpc) is 3.38. The Kier molecular flexibility index (Phi) is 5.08. The standard InChI is InChI=1S/C21H17ClF3N3O/c22-16-7-1-13(2-8-16)12-28-19(9-10-26-28)27-20(29)18-11-17(18)14-3-5-15(6-4-14)21(23,24)25/h1-10,17-18H,11-12H2,(H,27,29). The third-order valence-corrected chi connectivity index (χ3v) is 5.26. The van der Waals surface area contributed by atoms with Crippen molar-refractivity contribution in [2.24, 2.45) is 5.92 Å². The number of hydrogen-bond acceptors (Lipinski definition) is 2. The number of alkyl halides is 3. The predicted octanol–water partition coefficient (Wildman–Crippen LogP) is 5.35. The van der Waals surface area contributed by atoms with E-state index in [0.29, 0.717) is 23.8 Å². The third kappa shape index (κ3) is 4.45. The molecule has 4 rings (SSSR count). The third-order valence-electron chi connectivity index (χ3n) is 5.01. The van der Waals surface area contributed by atoms with Crippen LogP contribution in [0.4, 0.5) is 19.0 Å². The van der Waals surface area contributed by atoms with E-state index in [0.717, 1.165) is 23.3 Å². The summed E-state index contributed by atoms with van der Waals surface area (Å²) in [5.74, 6) is 0.0892. The maximum absolute atomic E-state index is 12.7. The number of halogens is 4. The number of nitrogens with zero attached hydrogens (tertiary/aromatic N) is 2. The molecule has 0 saturated heterocycles. The van der Waals surface area contributed by atoms with Gasteiger partial charge in [0.1, 0.15) is 5.82 Å². The minimum Gasteiger partial charge on any atom is -0.311 e. The van der Waals surface area contributed by atoms with Crippen molar-refractivity contribution in [3.8, 4) is 0 Å². The van der Waals surface area contributed by atoms with E-state index >= 15 is 0 Å². The number of anilines is 1. The topological polar surface area (TPSA) is 46.9 Å². The number of rotatable bonds is 5. The van der Waals surface area contributed by atoms with Gasteiger partial charge in [0.15, 0.2) is 0 Å². The molecule has 2 aromatic carbocycles. The van der Waals surface area contributed by atoms with Crippen LogP contribution in [-0.2, 0) is 17.5 Å². The van der Waals surface area contributed by atoms with Crippen LogP contribution >= 0.6 is 11.6 Å². The lowest BCUT2D eigenvalue weighted by atomic mass is 10.1. The molecule has 150 valence electrons. The van der Waals surface area contributed by atoms with Crippen molar-refractivity contribution >= 4 is 23.3 Å². The molecule has 0 aliphatic heterocycles. The first kappa shape index (κ1) is 19.5. The van der Waals surface area contributed by atoms with Gasteiger partial charge in [-0.05, 0) is 47.7 Å². The first-order valence-electron chi connectivity index (χ1n) is 9.05. The van der Waals surface area contributed by atoms with Gasteiger partial charge in [0.05, 0.1) is 18.3 Å². The Morgan fingerprint density at radius 1 is 1.10 bits per heavy atom. The molecule has 8 heteroatoms. The van der Waals surface area contributed by atoms with Crippen molar-refractivity contribution in [1.29, 1.82) is 0 Å². The Balaban J connectivity index is 1.39. The minimum atomic E-state index is -4.36. The molecule has 29 heavy (non-hydrogen) atoms. The van der Waals surface area contributed by atoms with Crippen LogP contribution in [0.5, 0.6) is 0 Å². The van der Waals surface area contributed by atoms with E-state index in [2.05, 4.69) is 10.4 Å². The number of carbonyl (C=O) groups excluding carboxylic acids is 1. The van der Waals surface area contributed by atoms with Crippen molar-refractivity contribution < 1.29 is 18.0 Å². The normalized spacial score (nSPS) is 18.5. The molecule has 1 heterocycles. The molecule has 1 aliphatic carbocycles. The van der Waals surface area contributed by atoms with E-state index in [1.807, 2.05) is 12.1 Å². The second-order valence-corrected chi connectivity index (χ2v) is 7.49. The van der Waals surface area contributed by atoms with Gasteiger partial charge in [-0.3, -0.25) is 4.79 Å². The number of carbonyl (C=O) groups is 1. The molecule has 1 amide bonds. The molecule has 2 atom stereocenters. The fourth-order valence-corrected chi connectivity index (χ4v) is 3.44. The SMILES string of the molecule is O=C(Nc1ccnn1Cc1ccc(Cl)cc1)C1CC1c1ccc(C(F)(F)F)cc1. The summed E-state index contributed by atoms with van der Waals surface area (Å²) >= 11 is 5.90. The lowest BCUT2D eigenvalue weighted by molar-refractivity contribution is -0.137. The summed E-state index contributed by atoms with van der Waals surface area (Å²) in [6, 6.07) is 14.1. The van der Waals surface area contributed by atoms with Gasteiger partial charge in [-0.15, -0.1) is 0 Å². The summed E-state index contributed by atoms with van der Waals surface area (Å²) in [6.45, 7) is 0.479. The van der Waals surface area contributed by atoms with Crippen molar-refractivity contribution in [3.05, 3.63) is 82.5 Å². The molecular formula is C21H17ClF3N3O. The molecule has 1 fully saturated rings. The summed E-state index contributed by atoms with van der Waals surface area (Å²) in [6.07, 6.45) is -2.14. The van der Waals surface area contributed by atoms with Crippen LogP contribution in [0.15, 0.2) is 60.8 Å². The Morgan fingerprint density at radius 3 is 2.45 bits per heavy atom. The highest BCUT2D eigenvalue weighted by Gasteiger charge is 2.44. The Morgan fingerprint density at radius 2 is 1.79 bits per heavy atom. The molecule has 0 bridgehead atoms. The predicted molar refractivity (Wildman–Crippen MR) is 104 cm³/mol. The number of amides is 1. The lowest BCUT2D eigenvalue weighted by Crippen LogP contribution is -2.18. The first-order chi connectivity index (χ1) is 13.8. The molecule has 0 radical (unpaired) electrons. The van der Waals surface area contributed by atoms with Gasteiger partial charge in [0.2, 0.25) is 5.91 Å². The molecule has 1 aromatic heterocycles. The highest BCUT2D eigenvalue weighted by Crippen LogP contribution is 2.48. The summed E-state index contributed by atoms with van der Waals surface area (Å²) in [4.78, 5) is 12.6. The smallest absolute Gasteiger partial charge is 0.311 e. The highest BCUT2D eigenvalue weighted by atomic mass is 35.5. The van der Waals surface area contributed by atoms with E-state index in [4.69, 9.17) is 11.6 Å². The zero-order chi connectivity index (χ0) is 20.6. The van der Waals surface area contributed by atoms with E-state index in [9.17, 15) is 18.0 Å². The van der Waals surface area contributed by atoms with E-state index in [1.54, 1.807) is 29.1 Å². The average molecular weight is 420 g/mol. The van der Waals surface area contributed by atoms with Crippen LogP contribution in [0.1, 0.15) is 29.0 Å². The zero-order valence-electron chi connectivity index (χ0n) is 15.2.